The van der Waals surface area contributed by atoms with Crippen LogP contribution in [0.5, 0.6) is 0 Å². The van der Waals surface area contributed by atoms with Crippen molar-refractivity contribution in [3.63, 3.8) is 0 Å². The maximum absolute atomic E-state index is 12.4. The van der Waals surface area contributed by atoms with Gasteiger partial charge in [0.2, 0.25) is 0 Å². The molecular weight excluding hydrogens is 282 g/mol. The maximum atomic E-state index is 12.4. The van der Waals surface area contributed by atoms with Crippen molar-refractivity contribution < 1.29 is 19.1 Å². The molecular formula is C17H23NO4. The van der Waals surface area contributed by atoms with Crippen LogP contribution in [0.25, 0.3) is 0 Å². The van der Waals surface area contributed by atoms with E-state index in [1.54, 1.807) is 12.1 Å². The van der Waals surface area contributed by atoms with Crippen molar-refractivity contribution in [3.05, 3.63) is 47.5 Å². The molecule has 1 rings (SSSR count). The molecule has 0 aliphatic carbocycles. The molecule has 22 heavy (non-hydrogen) atoms. The standard InChI is InChI=1S/C17H23NO4/c1-12(2)10-11-14(17(20)22-4)18-16(19)15(21-3)13-8-6-5-7-9-13/h5-10,14-15H,11H2,1-4H3,(H,18,19)/t14-,15-/m1/s1. The highest BCUT2D eigenvalue weighted by molar-refractivity contribution is 5.87. The van der Waals surface area contributed by atoms with E-state index in [4.69, 9.17) is 9.47 Å². The molecule has 0 aromatic heterocycles. The summed E-state index contributed by atoms with van der Waals surface area (Å²) < 4.78 is 10.00. The molecule has 1 amide bonds. The zero-order chi connectivity index (χ0) is 16.5. The first-order chi connectivity index (χ1) is 10.5. The summed E-state index contributed by atoms with van der Waals surface area (Å²) in [5, 5.41) is 2.69. The summed E-state index contributed by atoms with van der Waals surface area (Å²) in [6.07, 6.45) is 1.50. The van der Waals surface area contributed by atoms with Gasteiger partial charge in [0.25, 0.3) is 5.91 Å². The van der Waals surface area contributed by atoms with Crippen LogP contribution in [0.3, 0.4) is 0 Å². The Hall–Kier alpha value is -2.14. The van der Waals surface area contributed by atoms with Crippen molar-refractivity contribution in [2.45, 2.75) is 32.4 Å². The molecule has 0 bridgehead atoms. The Kier molecular flexibility index (Phi) is 7.32. The van der Waals surface area contributed by atoms with Gasteiger partial charge in [-0.05, 0) is 25.8 Å². The minimum absolute atomic E-state index is 0.369. The summed E-state index contributed by atoms with van der Waals surface area (Å²) in [5.41, 5.74) is 1.79. The lowest BCUT2D eigenvalue weighted by molar-refractivity contribution is -0.146. The first-order valence-electron chi connectivity index (χ1n) is 7.09. The summed E-state index contributed by atoms with van der Waals surface area (Å²) in [6, 6.07) is 8.40. The number of methoxy groups -OCH3 is 2. The summed E-state index contributed by atoms with van der Waals surface area (Å²) in [4.78, 5) is 24.2. The third-order valence-corrected chi connectivity index (χ3v) is 3.14. The molecule has 1 aromatic rings. The molecule has 0 saturated heterocycles. The molecule has 5 nitrogen and oxygen atoms in total. The Morgan fingerprint density at radius 2 is 1.82 bits per heavy atom. The van der Waals surface area contributed by atoms with E-state index in [1.807, 2.05) is 38.1 Å². The minimum atomic E-state index is -0.764. The van der Waals surface area contributed by atoms with Gasteiger partial charge in [0.1, 0.15) is 6.04 Å². The molecule has 0 unspecified atom stereocenters. The molecule has 0 heterocycles. The first kappa shape index (κ1) is 17.9. The van der Waals surface area contributed by atoms with E-state index in [0.717, 1.165) is 11.1 Å². The van der Waals surface area contributed by atoms with Gasteiger partial charge in [0.15, 0.2) is 6.10 Å². The Bertz CT molecular complexity index is 521. The summed E-state index contributed by atoms with van der Waals surface area (Å²) >= 11 is 0. The van der Waals surface area contributed by atoms with Crippen LogP contribution in [0.15, 0.2) is 42.0 Å². The number of ether oxygens (including phenoxy) is 2. The van der Waals surface area contributed by atoms with Gasteiger partial charge in [-0.3, -0.25) is 4.79 Å². The van der Waals surface area contributed by atoms with Gasteiger partial charge in [0, 0.05) is 7.11 Å². The normalized spacial score (nSPS) is 12.9. The Labute approximate surface area is 131 Å². The van der Waals surface area contributed by atoms with Crippen LogP contribution in [-0.4, -0.2) is 32.1 Å². The number of rotatable bonds is 7. The molecule has 0 spiro atoms. The van der Waals surface area contributed by atoms with E-state index >= 15 is 0 Å². The topological polar surface area (TPSA) is 64.6 Å². The van der Waals surface area contributed by atoms with Gasteiger partial charge in [-0.1, -0.05) is 42.0 Å². The second-order valence-electron chi connectivity index (χ2n) is 5.13. The highest BCUT2D eigenvalue weighted by Gasteiger charge is 2.26. The van der Waals surface area contributed by atoms with E-state index in [0.29, 0.717) is 6.42 Å². The molecule has 0 radical (unpaired) electrons. The zero-order valence-corrected chi connectivity index (χ0v) is 13.5. The number of hydrogen-bond donors (Lipinski definition) is 1. The number of allylic oxidation sites excluding steroid dienone is 1. The van der Waals surface area contributed by atoms with Crippen LogP contribution < -0.4 is 5.32 Å². The Morgan fingerprint density at radius 3 is 2.32 bits per heavy atom. The summed E-state index contributed by atoms with van der Waals surface area (Å²) in [5.74, 6) is -0.847. The highest BCUT2D eigenvalue weighted by atomic mass is 16.5. The Morgan fingerprint density at radius 1 is 1.18 bits per heavy atom. The monoisotopic (exact) mass is 305 g/mol. The maximum Gasteiger partial charge on any atom is 0.328 e. The van der Waals surface area contributed by atoms with Gasteiger partial charge in [0.05, 0.1) is 7.11 Å². The van der Waals surface area contributed by atoms with Gasteiger partial charge in [-0.2, -0.15) is 0 Å². The molecule has 120 valence electrons. The van der Waals surface area contributed by atoms with Gasteiger partial charge < -0.3 is 14.8 Å². The summed E-state index contributed by atoms with van der Waals surface area (Å²) in [7, 11) is 2.76. The van der Waals surface area contributed by atoms with E-state index in [9.17, 15) is 9.59 Å². The molecule has 0 aliphatic heterocycles. The lowest BCUT2D eigenvalue weighted by Crippen LogP contribution is -2.43. The molecule has 0 saturated carbocycles. The van der Waals surface area contributed by atoms with Crippen molar-refractivity contribution in [2.75, 3.05) is 14.2 Å². The van der Waals surface area contributed by atoms with Crippen LogP contribution in [-0.2, 0) is 19.1 Å². The van der Waals surface area contributed by atoms with Gasteiger partial charge >= 0.3 is 5.97 Å². The number of amides is 1. The fraction of sp³-hybridized carbons (Fsp3) is 0.412. The largest absolute Gasteiger partial charge is 0.467 e. The van der Waals surface area contributed by atoms with Crippen LogP contribution in [0.1, 0.15) is 31.9 Å². The Balaban J connectivity index is 2.84. The van der Waals surface area contributed by atoms with Crippen molar-refractivity contribution in [2.24, 2.45) is 0 Å². The van der Waals surface area contributed by atoms with Crippen molar-refractivity contribution in [1.29, 1.82) is 0 Å². The molecule has 1 aromatic carbocycles. The fourth-order valence-electron chi connectivity index (χ4n) is 1.98. The number of carbonyl (C=O) groups excluding carboxylic acids is 2. The van der Waals surface area contributed by atoms with Gasteiger partial charge in [-0.25, -0.2) is 4.79 Å². The minimum Gasteiger partial charge on any atom is -0.467 e. The average molecular weight is 305 g/mol. The highest BCUT2D eigenvalue weighted by Crippen LogP contribution is 2.17. The van der Waals surface area contributed by atoms with E-state index in [1.165, 1.54) is 14.2 Å². The smallest absolute Gasteiger partial charge is 0.328 e. The lowest BCUT2D eigenvalue weighted by Gasteiger charge is -2.20. The van der Waals surface area contributed by atoms with Crippen molar-refractivity contribution in [3.8, 4) is 0 Å². The molecule has 2 atom stereocenters. The second kappa shape index (κ2) is 9.00. The van der Waals surface area contributed by atoms with Crippen molar-refractivity contribution in [1.82, 2.24) is 5.32 Å². The summed E-state index contributed by atoms with van der Waals surface area (Å²) in [6.45, 7) is 3.86. The van der Waals surface area contributed by atoms with Crippen molar-refractivity contribution >= 4 is 11.9 Å². The second-order valence-corrected chi connectivity index (χ2v) is 5.13. The quantitative estimate of drug-likeness (QED) is 0.620. The number of esters is 1. The number of benzene rings is 1. The zero-order valence-electron chi connectivity index (χ0n) is 13.5. The number of nitrogens with one attached hydrogen (secondary N) is 1. The van der Waals surface area contributed by atoms with Crippen LogP contribution in [0, 0.1) is 0 Å². The molecule has 0 fully saturated rings. The first-order valence-corrected chi connectivity index (χ1v) is 7.09. The lowest BCUT2D eigenvalue weighted by atomic mass is 10.1. The third-order valence-electron chi connectivity index (χ3n) is 3.14. The molecule has 0 aliphatic rings. The number of carbonyl (C=O) groups is 2. The van der Waals surface area contributed by atoms with Crippen LogP contribution in [0.2, 0.25) is 0 Å². The fourth-order valence-corrected chi connectivity index (χ4v) is 1.98. The molecule has 1 N–H and O–H groups in total. The third kappa shape index (κ3) is 5.33. The SMILES string of the molecule is COC(=O)[C@@H](CC=C(C)C)NC(=O)[C@H](OC)c1ccccc1. The van der Waals surface area contributed by atoms with Gasteiger partial charge in [-0.15, -0.1) is 0 Å². The van der Waals surface area contributed by atoms with E-state index < -0.39 is 18.1 Å². The van der Waals surface area contributed by atoms with Crippen LogP contribution >= 0.6 is 0 Å². The average Bonchev–Trinajstić information content (AvgIpc) is 2.52. The number of hydrogen-bond acceptors (Lipinski definition) is 4. The predicted octanol–water partition coefficient (Wildman–Crippen LogP) is 2.39. The molecule has 5 heteroatoms. The van der Waals surface area contributed by atoms with Crippen LogP contribution in [0.4, 0.5) is 0 Å². The predicted molar refractivity (Wildman–Crippen MR) is 84.2 cm³/mol. The van der Waals surface area contributed by atoms with E-state index in [2.05, 4.69) is 5.32 Å². The van der Waals surface area contributed by atoms with E-state index in [-0.39, 0.29) is 5.91 Å².